The fraction of sp³-hybridized carbons (Fsp3) is 0.571. The lowest BCUT2D eigenvalue weighted by atomic mass is 9.76. The number of halogens is 1. The van der Waals surface area contributed by atoms with Crippen LogP contribution in [-0.2, 0) is 11.3 Å². The zero-order valence-electron chi connectivity index (χ0n) is 11.8. The fourth-order valence-electron chi connectivity index (χ4n) is 2.79. The first kappa shape index (κ1) is 16.1. The predicted octanol–water partition coefficient (Wildman–Crippen LogP) is 3.23. The molecule has 1 aliphatic carbocycles. The highest BCUT2D eigenvalue weighted by atomic mass is 35.5. The van der Waals surface area contributed by atoms with E-state index in [0.29, 0.717) is 29.6 Å². The molecule has 0 aliphatic heterocycles. The van der Waals surface area contributed by atoms with Crippen LogP contribution in [0.4, 0.5) is 4.79 Å². The fourth-order valence-corrected chi connectivity index (χ4v) is 3.82. The lowest BCUT2D eigenvalue weighted by molar-refractivity contribution is -0.146. The molecule has 1 saturated carbocycles. The van der Waals surface area contributed by atoms with Crippen molar-refractivity contribution in [1.29, 1.82) is 0 Å². The molecule has 2 atom stereocenters. The molecule has 2 unspecified atom stereocenters. The number of thiophene rings is 1. The lowest BCUT2D eigenvalue weighted by Gasteiger charge is -2.36. The van der Waals surface area contributed by atoms with Gasteiger partial charge < -0.3 is 15.7 Å². The van der Waals surface area contributed by atoms with E-state index in [1.807, 2.05) is 13.0 Å². The molecular formula is C14H19ClN2O3S. The van der Waals surface area contributed by atoms with Gasteiger partial charge >= 0.3 is 12.0 Å². The first-order chi connectivity index (χ1) is 9.91. The highest BCUT2D eigenvalue weighted by Crippen LogP contribution is 2.32. The molecule has 1 heterocycles. The van der Waals surface area contributed by atoms with Crippen LogP contribution in [0.15, 0.2) is 12.1 Å². The van der Waals surface area contributed by atoms with Crippen molar-refractivity contribution < 1.29 is 14.7 Å². The van der Waals surface area contributed by atoms with Crippen LogP contribution < -0.4 is 10.6 Å². The standard InChI is InChI=1S/C14H19ClN2O3S/c1-9-3-2-6-14(7-9,12(18)19)17-13(20)16-8-10-4-5-11(15)21-10/h4-5,9H,2-3,6-8H2,1H3,(H,18,19)(H2,16,17,20). The van der Waals surface area contributed by atoms with Gasteiger partial charge in [0.25, 0.3) is 0 Å². The maximum Gasteiger partial charge on any atom is 0.329 e. The second-order valence-electron chi connectivity index (χ2n) is 5.60. The number of carboxylic acids is 1. The summed E-state index contributed by atoms with van der Waals surface area (Å²) in [6, 6.07) is 3.15. The van der Waals surface area contributed by atoms with E-state index < -0.39 is 17.5 Å². The van der Waals surface area contributed by atoms with E-state index in [9.17, 15) is 14.7 Å². The van der Waals surface area contributed by atoms with Crippen molar-refractivity contribution in [2.45, 2.75) is 44.7 Å². The Bertz CT molecular complexity index is 534. The number of amides is 2. The van der Waals surface area contributed by atoms with Crippen LogP contribution in [0.25, 0.3) is 0 Å². The summed E-state index contributed by atoms with van der Waals surface area (Å²) in [5, 5.41) is 14.8. The molecular weight excluding hydrogens is 312 g/mol. The van der Waals surface area contributed by atoms with Crippen LogP contribution in [0.2, 0.25) is 4.34 Å². The normalized spacial score (nSPS) is 25.3. The topological polar surface area (TPSA) is 78.4 Å². The van der Waals surface area contributed by atoms with E-state index in [1.165, 1.54) is 11.3 Å². The SMILES string of the molecule is CC1CCCC(NC(=O)NCc2ccc(Cl)s2)(C(=O)O)C1. The Hall–Kier alpha value is -1.27. The summed E-state index contributed by atoms with van der Waals surface area (Å²) in [7, 11) is 0. The van der Waals surface area contributed by atoms with Crippen molar-refractivity contribution in [3.63, 3.8) is 0 Å². The summed E-state index contributed by atoms with van der Waals surface area (Å²) in [5.41, 5.74) is -1.14. The van der Waals surface area contributed by atoms with Gasteiger partial charge in [-0.2, -0.15) is 0 Å². The van der Waals surface area contributed by atoms with Crippen molar-refractivity contribution in [2.75, 3.05) is 0 Å². The van der Waals surface area contributed by atoms with E-state index in [0.717, 1.165) is 17.7 Å². The Labute approximate surface area is 132 Å². The van der Waals surface area contributed by atoms with E-state index in [-0.39, 0.29) is 0 Å². The molecule has 0 spiro atoms. The number of carboxylic acid groups (broad SMARTS) is 1. The molecule has 1 aliphatic rings. The number of nitrogens with one attached hydrogen (secondary N) is 2. The molecule has 1 aromatic heterocycles. The summed E-state index contributed by atoms with van der Waals surface area (Å²) in [5.74, 6) is -0.658. The molecule has 21 heavy (non-hydrogen) atoms. The van der Waals surface area contributed by atoms with Gasteiger partial charge in [0, 0.05) is 4.88 Å². The largest absolute Gasteiger partial charge is 0.480 e. The minimum absolute atomic E-state index is 0.297. The molecule has 3 N–H and O–H groups in total. The number of aliphatic carboxylic acids is 1. The first-order valence-electron chi connectivity index (χ1n) is 6.95. The zero-order chi connectivity index (χ0) is 15.5. The third-order valence-corrected chi connectivity index (χ3v) is 5.04. The Kier molecular flexibility index (Phi) is 5.11. The molecule has 0 bridgehead atoms. The Morgan fingerprint density at radius 2 is 2.29 bits per heavy atom. The molecule has 116 valence electrons. The lowest BCUT2D eigenvalue weighted by Crippen LogP contribution is -2.58. The second-order valence-corrected chi connectivity index (χ2v) is 7.40. The molecule has 0 radical (unpaired) electrons. The number of rotatable bonds is 4. The van der Waals surface area contributed by atoms with Gasteiger partial charge in [0.05, 0.1) is 10.9 Å². The Balaban J connectivity index is 1.94. The van der Waals surface area contributed by atoms with Gasteiger partial charge in [-0.3, -0.25) is 0 Å². The zero-order valence-corrected chi connectivity index (χ0v) is 13.4. The van der Waals surface area contributed by atoms with Crippen LogP contribution in [0.3, 0.4) is 0 Å². The van der Waals surface area contributed by atoms with Crippen molar-refractivity contribution >= 4 is 34.9 Å². The van der Waals surface area contributed by atoms with Gasteiger partial charge in [-0.05, 0) is 30.9 Å². The van der Waals surface area contributed by atoms with Crippen molar-refractivity contribution in [1.82, 2.24) is 10.6 Å². The molecule has 2 rings (SSSR count). The molecule has 2 amide bonds. The number of hydrogen-bond acceptors (Lipinski definition) is 3. The number of urea groups is 1. The smallest absolute Gasteiger partial charge is 0.329 e. The van der Waals surface area contributed by atoms with Crippen LogP contribution in [-0.4, -0.2) is 22.6 Å². The summed E-state index contributed by atoms with van der Waals surface area (Å²) in [6.07, 6.45) is 2.77. The molecule has 0 aromatic carbocycles. The quantitative estimate of drug-likeness (QED) is 0.793. The van der Waals surface area contributed by atoms with Gasteiger partial charge in [0.1, 0.15) is 5.54 Å². The number of carbonyl (C=O) groups excluding carboxylic acids is 1. The summed E-state index contributed by atoms with van der Waals surface area (Å²) in [4.78, 5) is 24.5. The third-order valence-electron chi connectivity index (χ3n) is 3.81. The minimum atomic E-state index is -1.14. The van der Waals surface area contributed by atoms with Gasteiger partial charge in [0.15, 0.2) is 0 Å². The van der Waals surface area contributed by atoms with Crippen molar-refractivity contribution in [3.05, 3.63) is 21.3 Å². The van der Waals surface area contributed by atoms with E-state index in [1.54, 1.807) is 6.07 Å². The Morgan fingerprint density at radius 3 is 2.86 bits per heavy atom. The minimum Gasteiger partial charge on any atom is -0.480 e. The average Bonchev–Trinajstić information content (AvgIpc) is 2.82. The summed E-state index contributed by atoms with van der Waals surface area (Å²) in [6.45, 7) is 2.36. The van der Waals surface area contributed by atoms with Crippen molar-refractivity contribution in [2.24, 2.45) is 5.92 Å². The molecule has 1 aromatic rings. The van der Waals surface area contributed by atoms with Crippen LogP contribution >= 0.6 is 22.9 Å². The number of carbonyl (C=O) groups is 2. The monoisotopic (exact) mass is 330 g/mol. The van der Waals surface area contributed by atoms with E-state index in [4.69, 9.17) is 11.6 Å². The molecule has 5 nitrogen and oxygen atoms in total. The first-order valence-corrected chi connectivity index (χ1v) is 8.14. The van der Waals surface area contributed by atoms with Gasteiger partial charge in [0.2, 0.25) is 0 Å². The van der Waals surface area contributed by atoms with Gasteiger partial charge in [-0.1, -0.05) is 31.4 Å². The van der Waals surface area contributed by atoms with Crippen molar-refractivity contribution in [3.8, 4) is 0 Å². The number of hydrogen-bond donors (Lipinski definition) is 3. The molecule has 0 saturated heterocycles. The second kappa shape index (κ2) is 6.66. The van der Waals surface area contributed by atoms with Crippen LogP contribution in [0, 0.1) is 5.92 Å². The predicted molar refractivity (Wildman–Crippen MR) is 82.7 cm³/mol. The Morgan fingerprint density at radius 1 is 1.52 bits per heavy atom. The van der Waals surface area contributed by atoms with E-state index >= 15 is 0 Å². The van der Waals surface area contributed by atoms with E-state index in [2.05, 4.69) is 10.6 Å². The van der Waals surface area contributed by atoms with Gasteiger partial charge in [-0.25, -0.2) is 9.59 Å². The maximum absolute atomic E-state index is 12.0. The third kappa shape index (κ3) is 4.11. The summed E-state index contributed by atoms with van der Waals surface area (Å²) < 4.78 is 0.662. The highest BCUT2D eigenvalue weighted by Gasteiger charge is 2.43. The molecule has 7 heteroatoms. The highest BCUT2D eigenvalue weighted by molar-refractivity contribution is 7.16. The van der Waals surface area contributed by atoms with Gasteiger partial charge in [-0.15, -0.1) is 11.3 Å². The maximum atomic E-state index is 12.0. The van der Waals surface area contributed by atoms with Crippen LogP contribution in [0.1, 0.15) is 37.5 Å². The molecule has 1 fully saturated rings. The average molecular weight is 331 g/mol. The summed E-state index contributed by atoms with van der Waals surface area (Å²) >= 11 is 7.21. The van der Waals surface area contributed by atoms with Crippen LogP contribution in [0.5, 0.6) is 0 Å².